The minimum atomic E-state index is -0.454. The van der Waals surface area contributed by atoms with Gasteiger partial charge in [-0.05, 0) is 55.6 Å². The SMILES string of the molecule is Nc1cc(Br)c(F)cc1OCc1ccc(F)c(Br)c1. The smallest absolute Gasteiger partial charge is 0.145 e. The summed E-state index contributed by atoms with van der Waals surface area (Å²) < 4.78 is 32.5. The third-order valence-corrected chi connectivity index (χ3v) is 3.65. The van der Waals surface area contributed by atoms with Crippen molar-refractivity contribution in [3.8, 4) is 5.75 Å². The third-order valence-electron chi connectivity index (χ3n) is 2.43. The van der Waals surface area contributed by atoms with Crippen LogP contribution in [0.3, 0.4) is 0 Å². The van der Waals surface area contributed by atoms with Gasteiger partial charge in [-0.2, -0.15) is 0 Å². The van der Waals surface area contributed by atoms with Gasteiger partial charge in [0, 0.05) is 6.07 Å². The van der Waals surface area contributed by atoms with Gasteiger partial charge in [-0.3, -0.25) is 0 Å². The first-order chi connectivity index (χ1) is 8.97. The van der Waals surface area contributed by atoms with Crippen molar-refractivity contribution in [1.29, 1.82) is 0 Å². The van der Waals surface area contributed by atoms with Gasteiger partial charge in [0.15, 0.2) is 0 Å². The molecule has 2 N–H and O–H groups in total. The van der Waals surface area contributed by atoms with Crippen LogP contribution in [0.25, 0.3) is 0 Å². The zero-order valence-corrected chi connectivity index (χ0v) is 12.8. The molecule has 0 unspecified atom stereocenters. The monoisotopic (exact) mass is 391 g/mol. The van der Waals surface area contributed by atoms with Crippen LogP contribution in [-0.2, 0) is 6.61 Å². The number of benzene rings is 2. The van der Waals surface area contributed by atoms with Gasteiger partial charge < -0.3 is 10.5 Å². The molecular weight excluding hydrogens is 384 g/mol. The summed E-state index contributed by atoms with van der Waals surface area (Å²) >= 11 is 6.12. The molecule has 0 saturated heterocycles. The predicted octanol–water partition coefficient (Wildman–Crippen LogP) is 4.65. The molecule has 0 fully saturated rings. The van der Waals surface area contributed by atoms with Crippen LogP contribution in [0.5, 0.6) is 5.75 Å². The zero-order chi connectivity index (χ0) is 14.0. The van der Waals surface area contributed by atoms with Crippen molar-refractivity contribution in [1.82, 2.24) is 0 Å². The van der Waals surface area contributed by atoms with Gasteiger partial charge in [0.2, 0.25) is 0 Å². The fourth-order valence-corrected chi connectivity index (χ4v) is 2.25. The molecule has 0 aliphatic heterocycles. The van der Waals surface area contributed by atoms with E-state index in [9.17, 15) is 8.78 Å². The highest BCUT2D eigenvalue weighted by atomic mass is 79.9. The molecule has 0 aliphatic rings. The second-order valence-corrected chi connectivity index (χ2v) is 5.55. The van der Waals surface area contributed by atoms with Crippen LogP contribution in [0.1, 0.15) is 5.56 Å². The van der Waals surface area contributed by atoms with Crippen molar-refractivity contribution in [2.24, 2.45) is 0 Å². The van der Waals surface area contributed by atoms with E-state index in [-0.39, 0.29) is 22.6 Å². The Morgan fingerprint density at radius 2 is 1.68 bits per heavy atom. The van der Waals surface area contributed by atoms with Gasteiger partial charge in [0.05, 0.1) is 14.6 Å². The first kappa shape index (κ1) is 14.3. The lowest BCUT2D eigenvalue weighted by Gasteiger charge is -2.10. The van der Waals surface area contributed by atoms with E-state index in [4.69, 9.17) is 10.5 Å². The van der Waals surface area contributed by atoms with Crippen molar-refractivity contribution >= 4 is 37.5 Å². The number of halogens is 4. The minimum absolute atomic E-state index is 0.171. The highest BCUT2D eigenvalue weighted by Crippen LogP contribution is 2.29. The summed E-state index contributed by atoms with van der Waals surface area (Å²) in [5, 5.41) is 0. The minimum Gasteiger partial charge on any atom is -0.487 e. The van der Waals surface area contributed by atoms with E-state index in [0.717, 1.165) is 5.56 Å². The Labute approximate surface area is 125 Å². The Bertz CT molecular complexity index is 620. The predicted molar refractivity (Wildman–Crippen MR) is 76.9 cm³/mol. The lowest BCUT2D eigenvalue weighted by molar-refractivity contribution is 0.306. The van der Waals surface area contributed by atoms with Gasteiger partial charge in [0.1, 0.15) is 24.0 Å². The first-order valence-corrected chi connectivity index (χ1v) is 6.87. The van der Waals surface area contributed by atoms with Crippen LogP contribution >= 0.6 is 31.9 Å². The third kappa shape index (κ3) is 3.45. The molecule has 0 heterocycles. The number of nitrogen functional groups attached to an aromatic ring is 1. The Balaban J connectivity index is 2.14. The molecule has 0 atom stereocenters. The molecule has 2 rings (SSSR count). The largest absolute Gasteiger partial charge is 0.487 e. The van der Waals surface area contributed by atoms with E-state index >= 15 is 0 Å². The van der Waals surface area contributed by atoms with Gasteiger partial charge in [-0.15, -0.1) is 0 Å². The molecule has 0 aliphatic carbocycles. The summed E-state index contributed by atoms with van der Waals surface area (Å²) in [6.45, 7) is 0.171. The van der Waals surface area contributed by atoms with Crippen molar-refractivity contribution in [2.45, 2.75) is 6.61 Å². The molecule has 0 saturated carbocycles. The van der Waals surface area contributed by atoms with Crippen LogP contribution in [-0.4, -0.2) is 0 Å². The molecule has 0 aromatic heterocycles. The molecule has 19 heavy (non-hydrogen) atoms. The lowest BCUT2D eigenvalue weighted by Crippen LogP contribution is -2.00. The Morgan fingerprint density at radius 1 is 1.00 bits per heavy atom. The van der Waals surface area contributed by atoms with E-state index in [0.29, 0.717) is 10.2 Å². The quantitative estimate of drug-likeness (QED) is 0.771. The second kappa shape index (κ2) is 5.88. The van der Waals surface area contributed by atoms with Crippen LogP contribution in [0.4, 0.5) is 14.5 Å². The Kier molecular flexibility index (Phi) is 4.42. The molecule has 0 bridgehead atoms. The number of hydrogen-bond donors (Lipinski definition) is 1. The topological polar surface area (TPSA) is 35.2 Å². The van der Waals surface area contributed by atoms with Crippen molar-refractivity contribution in [2.75, 3.05) is 5.73 Å². The van der Waals surface area contributed by atoms with E-state index in [1.165, 1.54) is 18.2 Å². The standard InChI is InChI=1S/C13H9Br2F2NO/c14-8-3-7(1-2-10(8)16)6-19-13-5-11(17)9(15)4-12(13)18/h1-5H,6,18H2. The van der Waals surface area contributed by atoms with Crippen LogP contribution in [0, 0.1) is 11.6 Å². The highest BCUT2D eigenvalue weighted by Gasteiger charge is 2.08. The summed E-state index contributed by atoms with van der Waals surface area (Å²) in [6.07, 6.45) is 0. The van der Waals surface area contributed by atoms with E-state index < -0.39 is 5.82 Å². The fraction of sp³-hybridized carbons (Fsp3) is 0.0769. The molecule has 2 aromatic carbocycles. The van der Waals surface area contributed by atoms with E-state index in [1.54, 1.807) is 12.1 Å². The average Bonchev–Trinajstić information content (AvgIpc) is 2.36. The Morgan fingerprint density at radius 3 is 2.37 bits per heavy atom. The van der Waals surface area contributed by atoms with Gasteiger partial charge in [-0.25, -0.2) is 8.78 Å². The maximum Gasteiger partial charge on any atom is 0.145 e. The number of rotatable bonds is 3. The zero-order valence-electron chi connectivity index (χ0n) is 9.59. The number of nitrogens with two attached hydrogens (primary N) is 1. The first-order valence-electron chi connectivity index (χ1n) is 5.28. The molecule has 0 spiro atoms. The molecule has 2 aromatic rings. The lowest BCUT2D eigenvalue weighted by atomic mass is 10.2. The summed E-state index contributed by atoms with van der Waals surface area (Å²) in [7, 11) is 0. The molecule has 100 valence electrons. The van der Waals surface area contributed by atoms with Crippen LogP contribution < -0.4 is 10.5 Å². The number of anilines is 1. The molecule has 0 amide bonds. The molecule has 0 radical (unpaired) electrons. The van der Waals surface area contributed by atoms with E-state index in [1.807, 2.05) is 0 Å². The van der Waals surface area contributed by atoms with Crippen LogP contribution in [0.15, 0.2) is 39.3 Å². The second-order valence-electron chi connectivity index (χ2n) is 3.84. The highest BCUT2D eigenvalue weighted by molar-refractivity contribution is 9.10. The molecule has 2 nitrogen and oxygen atoms in total. The normalized spacial score (nSPS) is 10.5. The maximum atomic E-state index is 13.4. The average molecular weight is 393 g/mol. The summed E-state index contributed by atoms with van der Waals surface area (Å²) in [5.41, 5.74) is 6.79. The fourth-order valence-electron chi connectivity index (χ4n) is 1.46. The molecular formula is C13H9Br2F2NO. The van der Waals surface area contributed by atoms with Gasteiger partial charge >= 0.3 is 0 Å². The van der Waals surface area contributed by atoms with Gasteiger partial charge in [0.25, 0.3) is 0 Å². The summed E-state index contributed by atoms with van der Waals surface area (Å²) in [4.78, 5) is 0. The van der Waals surface area contributed by atoms with Gasteiger partial charge in [-0.1, -0.05) is 6.07 Å². The van der Waals surface area contributed by atoms with Crippen molar-refractivity contribution in [3.05, 3.63) is 56.5 Å². The molecule has 6 heteroatoms. The van der Waals surface area contributed by atoms with Crippen molar-refractivity contribution < 1.29 is 13.5 Å². The van der Waals surface area contributed by atoms with Crippen molar-refractivity contribution in [3.63, 3.8) is 0 Å². The summed E-state index contributed by atoms with van der Waals surface area (Å²) in [6, 6.07) is 7.16. The van der Waals surface area contributed by atoms with E-state index in [2.05, 4.69) is 31.9 Å². The Hall–Kier alpha value is -1.14. The maximum absolute atomic E-state index is 13.4. The number of hydrogen-bond acceptors (Lipinski definition) is 2. The number of ether oxygens (including phenoxy) is 1. The summed E-state index contributed by atoms with van der Waals surface area (Å²) in [5.74, 6) is -0.552. The van der Waals surface area contributed by atoms with Crippen LogP contribution in [0.2, 0.25) is 0 Å².